The lowest BCUT2D eigenvalue weighted by Gasteiger charge is -2.26. The van der Waals surface area contributed by atoms with Crippen molar-refractivity contribution in [2.75, 3.05) is 36.3 Å². The van der Waals surface area contributed by atoms with Crippen molar-refractivity contribution in [3.63, 3.8) is 0 Å². The summed E-state index contributed by atoms with van der Waals surface area (Å²) >= 11 is 1.10. The zero-order chi connectivity index (χ0) is 25.9. The van der Waals surface area contributed by atoms with E-state index >= 15 is 0 Å². The Morgan fingerprint density at radius 3 is 2.19 bits per heavy atom. The Balaban J connectivity index is 1.65. The molecule has 14 nitrogen and oxygen atoms in total. The molecule has 1 aliphatic rings. The number of hydrogen-bond acceptors (Lipinski definition) is 11. The summed E-state index contributed by atoms with van der Waals surface area (Å²) in [5.41, 5.74) is -1.84. The molecule has 1 aromatic heterocycles. The Morgan fingerprint density at radius 2 is 1.67 bits per heavy atom. The average molecular weight is 535 g/mol. The third-order valence-electron chi connectivity index (χ3n) is 5.12. The summed E-state index contributed by atoms with van der Waals surface area (Å²) in [6.45, 7) is 1.10. The van der Waals surface area contributed by atoms with Crippen LogP contribution in [0.3, 0.4) is 0 Å². The smallest absolute Gasteiger partial charge is 0.300 e. The fraction of sp³-hybridized carbons (Fsp3) is 0.200. The first kappa shape index (κ1) is 25.0. The third-order valence-corrected chi connectivity index (χ3v) is 7.30. The van der Waals surface area contributed by atoms with Crippen LogP contribution in [0.4, 0.5) is 27.9 Å². The Kier molecular flexibility index (Phi) is 7.09. The zero-order valence-corrected chi connectivity index (χ0v) is 20.0. The summed E-state index contributed by atoms with van der Waals surface area (Å²) in [6.07, 6.45) is 1.44. The topological polar surface area (TPSA) is 187 Å². The molecule has 36 heavy (non-hydrogen) atoms. The molecule has 0 spiro atoms. The molecule has 1 amide bonds. The van der Waals surface area contributed by atoms with Gasteiger partial charge < -0.3 is 15.0 Å². The van der Waals surface area contributed by atoms with Gasteiger partial charge in [0.1, 0.15) is 0 Å². The van der Waals surface area contributed by atoms with Crippen LogP contribution in [0.15, 0.2) is 52.9 Å². The van der Waals surface area contributed by atoms with Crippen LogP contribution in [-0.4, -0.2) is 60.4 Å². The van der Waals surface area contributed by atoms with Crippen molar-refractivity contribution in [1.82, 2.24) is 9.88 Å². The van der Waals surface area contributed by atoms with E-state index in [2.05, 4.69) is 15.0 Å². The lowest BCUT2D eigenvalue weighted by molar-refractivity contribution is -0.392. The normalized spacial score (nSPS) is 13.7. The number of aromatic nitrogens is 1. The second kappa shape index (κ2) is 10.2. The molecular formula is C20H18N6O8S2. The van der Waals surface area contributed by atoms with Gasteiger partial charge in [0.25, 0.3) is 15.9 Å². The van der Waals surface area contributed by atoms with Crippen molar-refractivity contribution in [2.45, 2.75) is 4.90 Å². The molecule has 2 N–H and O–H groups in total. The number of sulfonamides is 1. The van der Waals surface area contributed by atoms with Gasteiger partial charge in [0.2, 0.25) is 0 Å². The summed E-state index contributed by atoms with van der Waals surface area (Å²) < 4.78 is 32.5. The largest absolute Gasteiger partial charge is 0.378 e. The van der Waals surface area contributed by atoms with E-state index in [1.165, 1.54) is 35.4 Å². The molecule has 0 aliphatic carbocycles. The van der Waals surface area contributed by atoms with Crippen LogP contribution in [0.5, 0.6) is 0 Å². The van der Waals surface area contributed by atoms with E-state index < -0.39 is 42.8 Å². The molecule has 0 unspecified atom stereocenters. The Labute approximate surface area is 207 Å². The number of morpholine rings is 1. The van der Waals surface area contributed by atoms with E-state index in [1.54, 1.807) is 5.38 Å². The quantitative estimate of drug-likeness (QED) is 0.321. The van der Waals surface area contributed by atoms with Crippen molar-refractivity contribution in [3.05, 3.63) is 73.8 Å². The minimum Gasteiger partial charge on any atom is -0.378 e. The number of carbonyl (C=O) groups excluding carboxylic acids is 1. The van der Waals surface area contributed by atoms with Gasteiger partial charge in [-0.25, -0.2) is 13.4 Å². The van der Waals surface area contributed by atoms with Gasteiger partial charge in [-0.15, -0.1) is 11.3 Å². The van der Waals surface area contributed by atoms with Gasteiger partial charge in [-0.05, 0) is 24.3 Å². The van der Waals surface area contributed by atoms with E-state index in [9.17, 15) is 33.4 Å². The van der Waals surface area contributed by atoms with Gasteiger partial charge in [0.05, 0.1) is 33.5 Å². The van der Waals surface area contributed by atoms with Crippen LogP contribution in [0.2, 0.25) is 0 Å². The highest BCUT2D eigenvalue weighted by atomic mass is 32.2. The summed E-state index contributed by atoms with van der Waals surface area (Å²) in [6, 6.07) is 7.01. The van der Waals surface area contributed by atoms with E-state index in [0.29, 0.717) is 13.2 Å². The summed E-state index contributed by atoms with van der Waals surface area (Å²) in [4.78, 5) is 39.8. The minimum absolute atomic E-state index is 0.112. The fourth-order valence-electron chi connectivity index (χ4n) is 3.41. The van der Waals surface area contributed by atoms with E-state index in [4.69, 9.17) is 4.74 Å². The maximum Gasteiger partial charge on any atom is 0.300 e. The highest BCUT2D eigenvalue weighted by molar-refractivity contribution is 7.93. The molecule has 16 heteroatoms. The van der Waals surface area contributed by atoms with Crippen LogP contribution < -0.4 is 10.0 Å². The highest BCUT2D eigenvalue weighted by Gasteiger charge is 2.31. The number of thiazole rings is 1. The third kappa shape index (κ3) is 5.40. The molecule has 0 radical (unpaired) electrons. The van der Waals surface area contributed by atoms with Crippen molar-refractivity contribution in [2.24, 2.45) is 0 Å². The number of nitrogens with zero attached hydrogens (tertiary/aromatic N) is 4. The van der Waals surface area contributed by atoms with Crippen molar-refractivity contribution in [3.8, 4) is 0 Å². The minimum atomic E-state index is -3.94. The number of nitro groups is 2. The number of nitrogens with one attached hydrogen (secondary N) is 2. The van der Waals surface area contributed by atoms with E-state index in [0.717, 1.165) is 23.5 Å². The zero-order valence-electron chi connectivity index (χ0n) is 18.3. The maximum atomic E-state index is 12.8. The molecule has 0 bridgehead atoms. The molecule has 1 saturated heterocycles. The molecule has 188 valence electrons. The van der Waals surface area contributed by atoms with Gasteiger partial charge in [-0.3, -0.25) is 29.7 Å². The maximum absolute atomic E-state index is 12.8. The standard InChI is InChI=1S/C20H18N6O8S2/c27-19(24-6-8-34-9-7-24)13-11-16(25(28)29)18(17(12-13)26(30)31)22-14-1-3-15(4-2-14)36(32,33)23-20-21-5-10-35-20/h1-5,10-12,22H,6-9H2,(H,21,23). The number of hydrogen-bond donors (Lipinski definition) is 2. The van der Waals surface area contributed by atoms with Crippen molar-refractivity contribution in [1.29, 1.82) is 0 Å². The monoisotopic (exact) mass is 534 g/mol. The first-order valence-electron chi connectivity index (χ1n) is 10.3. The number of amides is 1. The molecule has 2 aromatic carbocycles. The highest BCUT2D eigenvalue weighted by Crippen LogP contribution is 2.38. The van der Waals surface area contributed by atoms with Crippen molar-refractivity contribution < 1.29 is 27.8 Å². The SMILES string of the molecule is O=C(c1cc([N+](=O)[O-])c(Nc2ccc(S(=O)(=O)Nc3nccs3)cc2)c([N+](=O)[O-])c1)N1CCOCC1. The first-order valence-corrected chi connectivity index (χ1v) is 12.7. The average Bonchev–Trinajstić information content (AvgIpc) is 3.36. The number of nitro benzene ring substituents is 2. The Morgan fingerprint density at radius 1 is 1.06 bits per heavy atom. The molecule has 1 aliphatic heterocycles. The van der Waals surface area contributed by atoms with E-state index in [1.807, 2.05) is 0 Å². The number of ether oxygens (including phenoxy) is 1. The van der Waals surface area contributed by atoms with Crippen LogP contribution in [-0.2, 0) is 14.8 Å². The van der Waals surface area contributed by atoms with Gasteiger partial charge >= 0.3 is 11.4 Å². The first-order chi connectivity index (χ1) is 17.2. The molecular weight excluding hydrogens is 516 g/mol. The second-order valence-electron chi connectivity index (χ2n) is 7.40. The number of benzene rings is 2. The summed E-state index contributed by atoms with van der Waals surface area (Å²) in [5.74, 6) is -0.585. The molecule has 0 saturated carbocycles. The number of carbonyl (C=O) groups is 1. The molecule has 4 rings (SSSR count). The molecule has 0 atom stereocenters. The van der Waals surface area contributed by atoms with Gasteiger partial charge in [0, 0.05) is 42.5 Å². The Hall–Kier alpha value is -4.15. The van der Waals surface area contributed by atoms with Crippen LogP contribution in [0.1, 0.15) is 10.4 Å². The molecule has 2 heterocycles. The molecule has 1 fully saturated rings. The Bertz CT molecular complexity index is 1370. The summed E-state index contributed by atoms with van der Waals surface area (Å²) in [5, 5.41) is 28.0. The number of anilines is 3. The second-order valence-corrected chi connectivity index (χ2v) is 9.98. The lowest BCUT2D eigenvalue weighted by atomic mass is 10.1. The van der Waals surface area contributed by atoms with Crippen LogP contribution >= 0.6 is 11.3 Å². The fourth-order valence-corrected chi connectivity index (χ4v) is 5.20. The predicted octanol–water partition coefficient (Wildman–Crippen LogP) is 2.98. The summed E-state index contributed by atoms with van der Waals surface area (Å²) in [7, 11) is -3.94. The van der Waals surface area contributed by atoms with Crippen LogP contribution in [0, 0.1) is 20.2 Å². The lowest BCUT2D eigenvalue weighted by Crippen LogP contribution is -2.40. The van der Waals surface area contributed by atoms with Gasteiger partial charge in [-0.2, -0.15) is 0 Å². The van der Waals surface area contributed by atoms with Gasteiger partial charge in [0.15, 0.2) is 10.8 Å². The van der Waals surface area contributed by atoms with Crippen molar-refractivity contribution >= 4 is 55.1 Å². The van der Waals surface area contributed by atoms with Crippen LogP contribution in [0.25, 0.3) is 0 Å². The van der Waals surface area contributed by atoms with Gasteiger partial charge in [-0.1, -0.05) is 0 Å². The molecule has 3 aromatic rings. The van der Waals surface area contributed by atoms with E-state index in [-0.39, 0.29) is 34.4 Å². The number of rotatable bonds is 8. The predicted molar refractivity (Wildman–Crippen MR) is 129 cm³/mol.